The number of nitrogens with one attached hydrogen (secondary N) is 2. The van der Waals surface area contributed by atoms with Gasteiger partial charge in [-0.3, -0.25) is 14.4 Å². The van der Waals surface area contributed by atoms with Gasteiger partial charge < -0.3 is 15.4 Å². The Kier molecular flexibility index (Phi) is 5.25. The first-order valence-electron chi connectivity index (χ1n) is 9.24. The first kappa shape index (κ1) is 19.7. The van der Waals surface area contributed by atoms with Crippen molar-refractivity contribution in [1.82, 2.24) is 0 Å². The van der Waals surface area contributed by atoms with Crippen molar-refractivity contribution in [2.24, 2.45) is 0 Å². The molecule has 1 aliphatic rings. The zero-order valence-corrected chi connectivity index (χ0v) is 16.7. The standard InChI is InChI=1S/C23H17ClN2O4/c1-13-22(28)26-19-12-16(10-11-20(19)30-13)25-23(29)18-5-3-2-4-17(18)21(27)14-6-8-15(24)9-7-14/h2-13H,1H3,(H,25,29)(H,26,28). The van der Waals surface area contributed by atoms with E-state index in [2.05, 4.69) is 10.6 Å². The molecular formula is C23H17ClN2O4. The van der Waals surface area contributed by atoms with E-state index in [1.807, 2.05) is 0 Å². The fourth-order valence-electron chi connectivity index (χ4n) is 3.12. The van der Waals surface area contributed by atoms with Crippen LogP contribution in [0.15, 0.2) is 66.7 Å². The van der Waals surface area contributed by atoms with Crippen LogP contribution in [0, 0.1) is 0 Å². The molecule has 0 fully saturated rings. The Morgan fingerprint density at radius 1 is 1.00 bits per heavy atom. The van der Waals surface area contributed by atoms with Crippen LogP contribution in [0.4, 0.5) is 11.4 Å². The topological polar surface area (TPSA) is 84.5 Å². The average molecular weight is 421 g/mol. The lowest BCUT2D eigenvalue weighted by atomic mass is 9.98. The molecule has 6 nitrogen and oxygen atoms in total. The molecule has 0 aliphatic carbocycles. The lowest BCUT2D eigenvalue weighted by Crippen LogP contribution is -2.34. The van der Waals surface area contributed by atoms with Crippen molar-refractivity contribution in [3.8, 4) is 5.75 Å². The SMILES string of the molecule is CC1Oc2ccc(NC(=O)c3ccccc3C(=O)c3ccc(Cl)cc3)cc2NC1=O. The summed E-state index contributed by atoms with van der Waals surface area (Å²) in [6.07, 6.45) is -0.580. The molecule has 0 radical (unpaired) electrons. The number of benzene rings is 3. The average Bonchev–Trinajstić information content (AvgIpc) is 2.75. The molecule has 0 saturated heterocycles. The van der Waals surface area contributed by atoms with Gasteiger partial charge >= 0.3 is 0 Å². The van der Waals surface area contributed by atoms with Crippen molar-refractivity contribution in [1.29, 1.82) is 0 Å². The normalized spacial score (nSPS) is 14.9. The molecule has 1 unspecified atom stereocenters. The van der Waals surface area contributed by atoms with Crippen molar-refractivity contribution in [2.75, 3.05) is 10.6 Å². The third-order valence-corrected chi connectivity index (χ3v) is 4.94. The maximum Gasteiger partial charge on any atom is 0.265 e. The number of hydrogen-bond acceptors (Lipinski definition) is 4. The molecule has 2 amide bonds. The third kappa shape index (κ3) is 3.90. The van der Waals surface area contributed by atoms with Crippen molar-refractivity contribution in [3.63, 3.8) is 0 Å². The Bertz CT molecular complexity index is 1160. The van der Waals surface area contributed by atoms with Crippen molar-refractivity contribution in [3.05, 3.63) is 88.4 Å². The van der Waals surface area contributed by atoms with Gasteiger partial charge in [0.2, 0.25) is 0 Å². The summed E-state index contributed by atoms with van der Waals surface area (Å²) in [6, 6.07) is 18.0. The van der Waals surface area contributed by atoms with E-state index in [1.165, 1.54) is 0 Å². The summed E-state index contributed by atoms with van der Waals surface area (Å²) in [4.78, 5) is 37.6. The fraction of sp³-hybridized carbons (Fsp3) is 0.0870. The minimum absolute atomic E-state index is 0.240. The van der Waals surface area contributed by atoms with Gasteiger partial charge in [0.05, 0.1) is 11.3 Å². The maximum absolute atomic E-state index is 12.9. The molecule has 0 bridgehead atoms. The van der Waals surface area contributed by atoms with Gasteiger partial charge in [-0.25, -0.2) is 0 Å². The number of anilines is 2. The quantitative estimate of drug-likeness (QED) is 0.607. The summed E-state index contributed by atoms with van der Waals surface area (Å²) >= 11 is 5.89. The molecule has 30 heavy (non-hydrogen) atoms. The van der Waals surface area contributed by atoms with Gasteiger partial charge in [0, 0.05) is 21.8 Å². The molecular weight excluding hydrogens is 404 g/mol. The van der Waals surface area contributed by atoms with Crippen LogP contribution in [-0.4, -0.2) is 23.7 Å². The second kappa shape index (κ2) is 8.00. The molecule has 7 heteroatoms. The lowest BCUT2D eigenvalue weighted by molar-refractivity contribution is -0.122. The minimum atomic E-state index is -0.580. The number of fused-ring (bicyclic) bond motifs is 1. The summed E-state index contributed by atoms with van der Waals surface area (Å²) in [7, 11) is 0. The summed E-state index contributed by atoms with van der Waals surface area (Å²) in [5.41, 5.74) is 1.89. The number of amides is 2. The predicted molar refractivity (Wildman–Crippen MR) is 114 cm³/mol. The maximum atomic E-state index is 12.9. The Hall–Kier alpha value is -3.64. The van der Waals surface area contributed by atoms with Gasteiger partial charge in [-0.15, -0.1) is 0 Å². The van der Waals surface area contributed by atoms with Gasteiger partial charge in [0.1, 0.15) is 5.75 Å². The molecule has 1 aliphatic heterocycles. The van der Waals surface area contributed by atoms with Crippen LogP contribution in [0.1, 0.15) is 33.2 Å². The fourth-order valence-corrected chi connectivity index (χ4v) is 3.25. The monoisotopic (exact) mass is 420 g/mol. The van der Waals surface area contributed by atoms with E-state index in [-0.39, 0.29) is 22.8 Å². The molecule has 150 valence electrons. The number of ether oxygens (including phenoxy) is 1. The third-order valence-electron chi connectivity index (χ3n) is 4.69. The number of rotatable bonds is 4. The largest absolute Gasteiger partial charge is 0.479 e. The van der Waals surface area contributed by atoms with Crippen LogP contribution in [0.25, 0.3) is 0 Å². The second-order valence-electron chi connectivity index (χ2n) is 6.80. The second-order valence-corrected chi connectivity index (χ2v) is 7.23. The minimum Gasteiger partial charge on any atom is -0.479 e. The van der Waals surface area contributed by atoms with Crippen LogP contribution in [0.3, 0.4) is 0 Å². The van der Waals surface area contributed by atoms with Crippen LogP contribution >= 0.6 is 11.6 Å². The van der Waals surface area contributed by atoms with Crippen molar-refractivity contribution in [2.45, 2.75) is 13.0 Å². The van der Waals surface area contributed by atoms with Gasteiger partial charge in [0.25, 0.3) is 11.8 Å². The number of carbonyl (C=O) groups excluding carboxylic acids is 3. The summed E-state index contributed by atoms with van der Waals surface area (Å²) in [5.74, 6) is -0.454. The van der Waals surface area contributed by atoms with Crippen LogP contribution in [-0.2, 0) is 4.79 Å². The molecule has 3 aromatic carbocycles. The number of carbonyl (C=O) groups is 3. The van der Waals surface area contributed by atoms with Crippen molar-refractivity contribution >= 4 is 40.6 Å². The zero-order chi connectivity index (χ0) is 21.3. The highest BCUT2D eigenvalue weighted by molar-refractivity contribution is 6.30. The van der Waals surface area contributed by atoms with E-state index < -0.39 is 12.0 Å². The Labute approximate surface area is 177 Å². The van der Waals surface area contributed by atoms with E-state index in [0.29, 0.717) is 27.7 Å². The molecule has 0 aromatic heterocycles. The highest BCUT2D eigenvalue weighted by Gasteiger charge is 2.24. The predicted octanol–water partition coefficient (Wildman–Crippen LogP) is 4.54. The number of halogens is 1. The van der Waals surface area contributed by atoms with Crippen LogP contribution in [0.5, 0.6) is 5.75 Å². The first-order valence-corrected chi connectivity index (χ1v) is 9.62. The highest BCUT2D eigenvalue weighted by atomic mass is 35.5. The Balaban J connectivity index is 1.59. The smallest absolute Gasteiger partial charge is 0.265 e. The molecule has 1 atom stereocenters. The highest BCUT2D eigenvalue weighted by Crippen LogP contribution is 2.32. The van der Waals surface area contributed by atoms with Crippen molar-refractivity contribution < 1.29 is 19.1 Å². The van der Waals surface area contributed by atoms with Gasteiger partial charge in [-0.1, -0.05) is 29.8 Å². The van der Waals surface area contributed by atoms with E-state index in [4.69, 9.17) is 16.3 Å². The zero-order valence-electron chi connectivity index (χ0n) is 15.9. The van der Waals surface area contributed by atoms with E-state index in [0.717, 1.165) is 0 Å². The molecule has 0 spiro atoms. The molecule has 3 aromatic rings. The molecule has 4 rings (SSSR count). The number of ketones is 1. The molecule has 1 heterocycles. The number of hydrogen-bond donors (Lipinski definition) is 2. The Morgan fingerprint density at radius 3 is 2.43 bits per heavy atom. The summed E-state index contributed by atoms with van der Waals surface area (Å²) < 4.78 is 5.52. The van der Waals surface area contributed by atoms with Gasteiger partial charge in [-0.2, -0.15) is 0 Å². The molecule has 2 N–H and O–H groups in total. The van der Waals surface area contributed by atoms with Crippen LogP contribution in [0.2, 0.25) is 5.02 Å². The summed E-state index contributed by atoms with van der Waals surface area (Å²) in [5, 5.41) is 6.03. The van der Waals surface area contributed by atoms with E-state index in [1.54, 1.807) is 73.7 Å². The van der Waals surface area contributed by atoms with Gasteiger partial charge in [-0.05, 0) is 55.5 Å². The first-order chi connectivity index (χ1) is 14.4. The lowest BCUT2D eigenvalue weighted by Gasteiger charge is -2.23. The van der Waals surface area contributed by atoms with E-state index in [9.17, 15) is 14.4 Å². The van der Waals surface area contributed by atoms with E-state index >= 15 is 0 Å². The van der Waals surface area contributed by atoms with Crippen LogP contribution < -0.4 is 15.4 Å². The van der Waals surface area contributed by atoms with Gasteiger partial charge in [0.15, 0.2) is 11.9 Å². The Morgan fingerprint density at radius 2 is 1.70 bits per heavy atom. The molecule has 0 saturated carbocycles. The summed E-state index contributed by atoms with van der Waals surface area (Å²) in [6.45, 7) is 1.66.